The van der Waals surface area contributed by atoms with Gasteiger partial charge in [-0.3, -0.25) is 10.2 Å². The molecule has 3 rings (SSSR count). The van der Waals surface area contributed by atoms with Crippen molar-refractivity contribution < 1.29 is 13.9 Å². The number of hydrazine groups is 1. The van der Waals surface area contributed by atoms with E-state index in [0.29, 0.717) is 17.9 Å². The van der Waals surface area contributed by atoms with E-state index in [4.69, 9.17) is 4.74 Å². The van der Waals surface area contributed by atoms with Crippen molar-refractivity contribution in [1.29, 1.82) is 0 Å². The lowest BCUT2D eigenvalue weighted by Crippen LogP contribution is -2.41. The highest BCUT2D eigenvalue weighted by Gasteiger charge is 2.31. The average molecular weight is 353 g/mol. The van der Waals surface area contributed by atoms with E-state index in [0.717, 1.165) is 25.2 Å². The number of ether oxygens (including phenoxy) is 1. The third-order valence-electron chi connectivity index (χ3n) is 4.38. The highest BCUT2D eigenvalue weighted by Crippen LogP contribution is 2.22. The maximum atomic E-state index is 14.0. The van der Waals surface area contributed by atoms with E-state index in [-0.39, 0.29) is 29.9 Å². The van der Waals surface area contributed by atoms with E-state index in [1.165, 1.54) is 12.5 Å². The molecule has 3 atom stereocenters. The largest absolute Gasteiger partial charge is 0.377 e. The van der Waals surface area contributed by atoms with Crippen LogP contribution >= 0.6 is 11.8 Å². The Morgan fingerprint density at radius 3 is 3.04 bits per heavy atom. The predicted molar refractivity (Wildman–Crippen MR) is 93.1 cm³/mol. The van der Waals surface area contributed by atoms with Crippen LogP contribution in [0.1, 0.15) is 30.9 Å². The van der Waals surface area contributed by atoms with Gasteiger partial charge in [-0.2, -0.15) is 0 Å². The van der Waals surface area contributed by atoms with Crippen molar-refractivity contribution in [2.75, 3.05) is 24.7 Å². The number of thioether (sulfide) groups is 1. The van der Waals surface area contributed by atoms with Crippen LogP contribution in [0.5, 0.6) is 0 Å². The maximum absolute atomic E-state index is 14.0. The zero-order valence-electron chi connectivity index (χ0n) is 13.6. The summed E-state index contributed by atoms with van der Waals surface area (Å²) in [7, 11) is 0. The van der Waals surface area contributed by atoms with E-state index in [1.807, 2.05) is 0 Å². The van der Waals surface area contributed by atoms with Crippen LogP contribution in [0.3, 0.4) is 0 Å². The molecule has 2 fully saturated rings. The minimum atomic E-state index is -0.262. The maximum Gasteiger partial charge on any atom is 0.230 e. The molecule has 2 aliphatic heterocycles. The van der Waals surface area contributed by atoms with Gasteiger partial charge in [0.2, 0.25) is 5.91 Å². The van der Waals surface area contributed by atoms with Gasteiger partial charge in [-0.25, -0.2) is 9.82 Å². The van der Waals surface area contributed by atoms with Gasteiger partial charge in [0.15, 0.2) is 0 Å². The summed E-state index contributed by atoms with van der Waals surface area (Å²) in [6, 6.07) is 6.22. The molecule has 0 radical (unpaired) electrons. The Bertz CT molecular complexity index is 554. The second-order valence-corrected chi connectivity index (χ2v) is 7.23. The molecular weight excluding hydrogens is 329 g/mol. The van der Waals surface area contributed by atoms with E-state index in [2.05, 4.69) is 16.2 Å². The SMILES string of the molecule is O=C(CSCC1CCCCO1)NC1CNNC1c1ccccc1F. The lowest BCUT2D eigenvalue weighted by Gasteiger charge is -2.23. The van der Waals surface area contributed by atoms with Gasteiger partial charge in [0.25, 0.3) is 0 Å². The van der Waals surface area contributed by atoms with Gasteiger partial charge < -0.3 is 10.1 Å². The van der Waals surface area contributed by atoms with E-state index in [1.54, 1.807) is 30.0 Å². The lowest BCUT2D eigenvalue weighted by atomic mass is 10.0. The molecule has 0 aromatic heterocycles. The molecule has 0 aliphatic carbocycles. The molecule has 7 heteroatoms. The van der Waals surface area contributed by atoms with Crippen molar-refractivity contribution in [1.82, 2.24) is 16.2 Å². The molecule has 2 saturated heterocycles. The summed E-state index contributed by atoms with van der Waals surface area (Å²) in [6.07, 6.45) is 3.71. The molecule has 5 nitrogen and oxygen atoms in total. The Kier molecular flexibility index (Phi) is 6.48. The molecule has 0 bridgehead atoms. The Balaban J connectivity index is 1.45. The summed E-state index contributed by atoms with van der Waals surface area (Å²) in [5.74, 6) is 0.973. The summed E-state index contributed by atoms with van der Waals surface area (Å²) in [4.78, 5) is 12.2. The first-order valence-electron chi connectivity index (χ1n) is 8.45. The number of benzene rings is 1. The molecule has 2 heterocycles. The van der Waals surface area contributed by atoms with Crippen molar-refractivity contribution >= 4 is 17.7 Å². The van der Waals surface area contributed by atoms with Crippen LogP contribution in [0.2, 0.25) is 0 Å². The fraction of sp³-hybridized carbons (Fsp3) is 0.588. The van der Waals surface area contributed by atoms with Crippen LogP contribution in [-0.4, -0.2) is 42.7 Å². The molecule has 1 aromatic carbocycles. The van der Waals surface area contributed by atoms with Gasteiger partial charge in [0.05, 0.1) is 23.9 Å². The lowest BCUT2D eigenvalue weighted by molar-refractivity contribution is -0.119. The van der Waals surface area contributed by atoms with Gasteiger partial charge in [0.1, 0.15) is 5.82 Å². The van der Waals surface area contributed by atoms with Crippen LogP contribution in [0.4, 0.5) is 4.39 Å². The fourth-order valence-corrected chi connectivity index (χ4v) is 4.04. The summed E-state index contributed by atoms with van der Waals surface area (Å²) in [6.45, 7) is 1.41. The molecule has 1 amide bonds. The van der Waals surface area contributed by atoms with E-state index >= 15 is 0 Å². The number of hydrogen-bond donors (Lipinski definition) is 3. The smallest absolute Gasteiger partial charge is 0.230 e. The molecular formula is C17H24FN3O2S. The minimum absolute atomic E-state index is 0.0207. The highest BCUT2D eigenvalue weighted by atomic mass is 32.2. The van der Waals surface area contributed by atoms with E-state index in [9.17, 15) is 9.18 Å². The number of rotatable bonds is 6. The van der Waals surface area contributed by atoms with Crippen LogP contribution in [0.15, 0.2) is 24.3 Å². The second-order valence-electron chi connectivity index (χ2n) is 6.20. The average Bonchev–Trinajstić information content (AvgIpc) is 3.04. The zero-order valence-corrected chi connectivity index (χ0v) is 14.4. The predicted octanol–water partition coefficient (Wildman–Crippen LogP) is 1.76. The Morgan fingerprint density at radius 2 is 2.25 bits per heavy atom. The molecule has 0 spiro atoms. The zero-order chi connectivity index (χ0) is 16.8. The number of nitrogens with one attached hydrogen (secondary N) is 3. The normalized spacial score (nSPS) is 27.1. The van der Waals surface area contributed by atoms with Crippen LogP contribution in [0, 0.1) is 5.82 Å². The monoisotopic (exact) mass is 353 g/mol. The van der Waals surface area contributed by atoms with Crippen molar-refractivity contribution in [3.8, 4) is 0 Å². The number of hydrogen-bond acceptors (Lipinski definition) is 5. The first kappa shape index (κ1) is 17.7. The number of carbonyl (C=O) groups is 1. The van der Waals surface area contributed by atoms with Crippen molar-refractivity contribution in [2.45, 2.75) is 37.5 Å². The second kappa shape index (κ2) is 8.80. The molecule has 24 heavy (non-hydrogen) atoms. The minimum Gasteiger partial charge on any atom is -0.377 e. The molecule has 0 saturated carbocycles. The number of amides is 1. The summed E-state index contributed by atoms with van der Waals surface area (Å²) < 4.78 is 19.6. The van der Waals surface area contributed by atoms with E-state index < -0.39 is 0 Å². The molecule has 3 N–H and O–H groups in total. The Labute approximate surface area is 146 Å². The fourth-order valence-electron chi connectivity index (χ4n) is 3.12. The third-order valence-corrected chi connectivity index (χ3v) is 5.45. The molecule has 2 aliphatic rings. The van der Waals surface area contributed by atoms with Crippen LogP contribution in [0.25, 0.3) is 0 Å². The molecule has 1 aromatic rings. The number of halogens is 1. The van der Waals surface area contributed by atoms with Crippen molar-refractivity contribution in [2.24, 2.45) is 0 Å². The topological polar surface area (TPSA) is 62.4 Å². The standard InChI is InChI=1S/C17H24FN3O2S/c18-14-7-2-1-6-13(14)17-15(9-19-21-17)20-16(22)11-24-10-12-5-3-4-8-23-12/h1-2,6-7,12,15,17,19,21H,3-5,8-11H2,(H,20,22). The molecule has 132 valence electrons. The summed E-state index contributed by atoms with van der Waals surface area (Å²) in [5.41, 5.74) is 6.61. The van der Waals surface area contributed by atoms with Crippen molar-refractivity contribution in [3.63, 3.8) is 0 Å². The van der Waals surface area contributed by atoms with Gasteiger partial charge in [0, 0.05) is 24.5 Å². The first-order chi connectivity index (χ1) is 11.7. The summed E-state index contributed by atoms with van der Waals surface area (Å²) >= 11 is 1.60. The Morgan fingerprint density at radius 1 is 1.38 bits per heavy atom. The van der Waals surface area contributed by atoms with Gasteiger partial charge in [-0.05, 0) is 25.3 Å². The first-order valence-corrected chi connectivity index (χ1v) is 9.61. The highest BCUT2D eigenvalue weighted by molar-refractivity contribution is 7.99. The third kappa shape index (κ3) is 4.69. The van der Waals surface area contributed by atoms with Gasteiger partial charge >= 0.3 is 0 Å². The Hall–Kier alpha value is -1.15. The van der Waals surface area contributed by atoms with Crippen LogP contribution in [-0.2, 0) is 9.53 Å². The van der Waals surface area contributed by atoms with Crippen LogP contribution < -0.4 is 16.2 Å². The number of carbonyl (C=O) groups excluding carboxylic acids is 1. The van der Waals surface area contributed by atoms with Gasteiger partial charge in [-0.15, -0.1) is 11.8 Å². The summed E-state index contributed by atoms with van der Waals surface area (Å²) in [5, 5.41) is 3.00. The molecule has 3 unspecified atom stereocenters. The van der Waals surface area contributed by atoms with Gasteiger partial charge in [-0.1, -0.05) is 18.2 Å². The quantitative estimate of drug-likeness (QED) is 0.727. The van der Waals surface area contributed by atoms with Crippen molar-refractivity contribution in [3.05, 3.63) is 35.6 Å².